The van der Waals surface area contributed by atoms with E-state index in [9.17, 15) is 9.59 Å². The van der Waals surface area contributed by atoms with E-state index < -0.39 is 11.9 Å². The first-order valence-corrected chi connectivity index (χ1v) is 4.04. The summed E-state index contributed by atoms with van der Waals surface area (Å²) in [5, 5.41) is 0. The van der Waals surface area contributed by atoms with Crippen LogP contribution in [0.3, 0.4) is 0 Å². The molecule has 0 N–H and O–H groups in total. The normalized spacial score (nSPS) is 14.4. The molecule has 0 radical (unpaired) electrons. The predicted molar refractivity (Wildman–Crippen MR) is 43.9 cm³/mol. The van der Waals surface area contributed by atoms with Crippen molar-refractivity contribution in [2.24, 2.45) is 0 Å². The van der Waals surface area contributed by atoms with Crippen LogP contribution < -0.4 is 0 Å². The van der Waals surface area contributed by atoms with Gasteiger partial charge >= 0.3 is 11.9 Å². The van der Waals surface area contributed by atoms with Crippen molar-refractivity contribution in [3.05, 3.63) is 33.8 Å². The average molecular weight is 227 g/mol. The molecular formula is C8H3BrO3. The molecule has 0 amide bonds. The highest BCUT2D eigenvalue weighted by atomic mass is 79.9. The second kappa shape index (κ2) is 2.42. The first-order valence-electron chi connectivity index (χ1n) is 3.25. The molecule has 1 aliphatic rings. The minimum atomic E-state index is -0.597. The van der Waals surface area contributed by atoms with Crippen LogP contribution in [0.2, 0.25) is 0 Å². The highest BCUT2D eigenvalue weighted by molar-refractivity contribution is 9.10. The second-order valence-electron chi connectivity index (χ2n) is 2.34. The molecule has 1 aromatic rings. The monoisotopic (exact) mass is 226 g/mol. The van der Waals surface area contributed by atoms with E-state index in [1.54, 1.807) is 18.2 Å². The fourth-order valence-corrected chi connectivity index (χ4v) is 1.63. The Balaban J connectivity index is 2.77. The van der Waals surface area contributed by atoms with Crippen molar-refractivity contribution in [1.82, 2.24) is 0 Å². The number of carbonyl (C=O) groups is 2. The molecule has 0 atom stereocenters. The van der Waals surface area contributed by atoms with Gasteiger partial charge in [-0.2, -0.15) is 0 Å². The number of halogens is 1. The summed E-state index contributed by atoms with van der Waals surface area (Å²) in [4.78, 5) is 22.0. The van der Waals surface area contributed by atoms with Crippen LogP contribution >= 0.6 is 15.9 Å². The van der Waals surface area contributed by atoms with E-state index in [0.29, 0.717) is 15.6 Å². The van der Waals surface area contributed by atoms with Gasteiger partial charge in [0.1, 0.15) is 0 Å². The largest absolute Gasteiger partial charge is 0.386 e. The number of hydrogen-bond donors (Lipinski definition) is 0. The Kier molecular flexibility index (Phi) is 1.51. The van der Waals surface area contributed by atoms with Gasteiger partial charge in [0, 0.05) is 4.47 Å². The summed E-state index contributed by atoms with van der Waals surface area (Å²) < 4.78 is 4.96. The highest BCUT2D eigenvalue weighted by Gasteiger charge is 2.26. The minimum absolute atomic E-state index is 0.395. The fourth-order valence-electron chi connectivity index (χ4n) is 1.04. The molecule has 1 aliphatic heterocycles. The molecule has 0 saturated carbocycles. The van der Waals surface area contributed by atoms with E-state index in [1.807, 2.05) is 0 Å². The summed E-state index contributed by atoms with van der Waals surface area (Å²) in [6, 6.07) is 4.85. The molecule has 4 heteroatoms. The van der Waals surface area contributed by atoms with Gasteiger partial charge in [-0.25, -0.2) is 9.59 Å². The molecule has 0 fully saturated rings. The van der Waals surface area contributed by atoms with Gasteiger partial charge in [-0.15, -0.1) is 0 Å². The van der Waals surface area contributed by atoms with Crippen molar-refractivity contribution in [1.29, 1.82) is 0 Å². The van der Waals surface area contributed by atoms with Crippen LogP contribution in [-0.2, 0) is 4.74 Å². The summed E-state index contributed by atoms with van der Waals surface area (Å²) in [5.74, 6) is -1.19. The van der Waals surface area contributed by atoms with Crippen molar-refractivity contribution in [2.75, 3.05) is 0 Å². The Labute approximate surface area is 76.5 Å². The van der Waals surface area contributed by atoms with E-state index in [2.05, 4.69) is 20.7 Å². The Bertz CT molecular complexity index is 352. The lowest BCUT2D eigenvalue weighted by Crippen LogP contribution is -2.19. The number of ether oxygens (including phenoxy) is 1. The fraction of sp³-hybridized carbons (Fsp3) is 0. The molecule has 0 spiro atoms. The van der Waals surface area contributed by atoms with Crippen LogP contribution in [0.5, 0.6) is 0 Å². The minimum Gasteiger partial charge on any atom is -0.386 e. The van der Waals surface area contributed by atoms with E-state index in [-0.39, 0.29) is 0 Å². The third-order valence-corrected chi connectivity index (χ3v) is 2.48. The van der Waals surface area contributed by atoms with Crippen LogP contribution in [0.1, 0.15) is 20.7 Å². The van der Waals surface area contributed by atoms with Crippen molar-refractivity contribution < 1.29 is 14.3 Å². The topological polar surface area (TPSA) is 43.4 Å². The van der Waals surface area contributed by atoms with Crippen LogP contribution in [0, 0.1) is 0 Å². The molecule has 0 aliphatic carbocycles. The highest BCUT2D eigenvalue weighted by Crippen LogP contribution is 2.27. The van der Waals surface area contributed by atoms with Crippen LogP contribution in [0.15, 0.2) is 22.7 Å². The molecule has 2 bridgehead atoms. The molecule has 0 aromatic heterocycles. The van der Waals surface area contributed by atoms with E-state index >= 15 is 0 Å². The molecule has 0 unspecified atom stereocenters. The maximum Gasteiger partial charge on any atom is 0.347 e. The van der Waals surface area contributed by atoms with Gasteiger partial charge in [-0.3, -0.25) is 0 Å². The summed E-state index contributed by atoms with van der Waals surface area (Å²) in [5.41, 5.74) is 0.791. The maximum atomic E-state index is 11.0. The molecule has 60 valence electrons. The van der Waals surface area contributed by atoms with Crippen molar-refractivity contribution in [2.45, 2.75) is 0 Å². The molecule has 1 aromatic carbocycles. The van der Waals surface area contributed by atoms with Gasteiger partial charge in [0.05, 0.1) is 11.1 Å². The SMILES string of the molecule is O=C1OC(=O)c2cccc1c2Br. The first kappa shape index (κ1) is 7.49. The number of rotatable bonds is 0. The van der Waals surface area contributed by atoms with Gasteiger partial charge < -0.3 is 4.74 Å². The van der Waals surface area contributed by atoms with Crippen LogP contribution in [0.4, 0.5) is 0 Å². The van der Waals surface area contributed by atoms with Gasteiger partial charge in [0.25, 0.3) is 0 Å². The summed E-state index contributed by atoms with van der Waals surface area (Å²) in [6.45, 7) is 0. The summed E-state index contributed by atoms with van der Waals surface area (Å²) >= 11 is 3.15. The number of benzene rings is 1. The number of cyclic esters (lactones) is 2. The number of hydrogen-bond acceptors (Lipinski definition) is 3. The van der Waals surface area contributed by atoms with Gasteiger partial charge in [0.15, 0.2) is 0 Å². The summed E-state index contributed by atoms with van der Waals surface area (Å²) in [7, 11) is 0. The molecule has 2 rings (SSSR count). The molecule has 12 heavy (non-hydrogen) atoms. The quantitative estimate of drug-likeness (QED) is 0.501. The smallest absolute Gasteiger partial charge is 0.347 e. The first-order chi connectivity index (χ1) is 5.70. The molecule has 3 nitrogen and oxygen atoms in total. The number of esters is 2. The third kappa shape index (κ3) is 0.881. The van der Waals surface area contributed by atoms with Crippen LogP contribution in [0.25, 0.3) is 0 Å². The van der Waals surface area contributed by atoms with Crippen molar-refractivity contribution >= 4 is 27.9 Å². The third-order valence-electron chi connectivity index (χ3n) is 1.62. The van der Waals surface area contributed by atoms with Crippen molar-refractivity contribution in [3.63, 3.8) is 0 Å². The Morgan fingerprint density at radius 3 is 2.08 bits per heavy atom. The Morgan fingerprint density at radius 2 is 1.58 bits per heavy atom. The maximum absolute atomic E-state index is 11.0. The zero-order chi connectivity index (χ0) is 8.72. The lowest BCUT2D eigenvalue weighted by molar-refractivity contribution is 0.0382. The standard InChI is InChI=1S/C8H3BrO3/c9-6-4-2-1-3-5(6)8(11)12-7(4)10/h1-3H. The van der Waals surface area contributed by atoms with Crippen LogP contribution in [-0.4, -0.2) is 11.9 Å². The number of carbonyl (C=O) groups excluding carboxylic acids is 2. The van der Waals surface area contributed by atoms with Gasteiger partial charge in [-0.05, 0) is 28.1 Å². The Hall–Kier alpha value is -1.16. The average Bonchev–Trinajstić information content (AvgIpc) is 2.01. The Morgan fingerprint density at radius 1 is 1.08 bits per heavy atom. The van der Waals surface area contributed by atoms with Gasteiger partial charge in [0.2, 0.25) is 0 Å². The second-order valence-corrected chi connectivity index (χ2v) is 3.14. The lowest BCUT2D eigenvalue weighted by atomic mass is 10.1. The van der Waals surface area contributed by atoms with E-state index in [4.69, 9.17) is 0 Å². The predicted octanol–water partition coefficient (Wildman–Crippen LogP) is 1.76. The zero-order valence-electron chi connectivity index (χ0n) is 5.83. The van der Waals surface area contributed by atoms with Crippen molar-refractivity contribution in [3.8, 4) is 0 Å². The van der Waals surface area contributed by atoms with Gasteiger partial charge in [-0.1, -0.05) is 6.07 Å². The molecule has 0 saturated heterocycles. The zero-order valence-corrected chi connectivity index (χ0v) is 7.42. The van der Waals surface area contributed by atoms with E-state index in [0.717, 1.165) is 0 Å². The number of fused-ring (bicyclic) bond motifs is 2. The lowest BCUT2D eigenvalue weighted by Gasteiger charge is -2.12. The molecular weight excluding hydrogens is 224 g/mol. The van der Waals surface area contributed by atoms with E-state index in [1.165, 1.54) is 0 Å². The molecule has 1 heterocycles. The summed E-state index contributed by atoms with van der Waals surface area (Å²) in [6.07, 6.45) is 0.